The Hall–Kier alpha value is -2.07. The maximum absolute atomic E-state index is 11.3. The molecular weight excluding hydrogens is 244 g/mol. The summed E-state index contributed by atoms with van der Waals surface area (Å²) in [6.07, 6.45) is 0. The molecule has 0 aliphatic heterocycles. The van der Waals surface area contributed by atoms with E-state index in [0.29, 0.717) is 11.3 Å². The first kappa shape index (κ1) is 13.4. The van der Waals surface area contributed by atoms with Gasteiger partial charge in [-0.2, -0.15) is 0 Å². The largest absolute Gasteiger partial charge is 0.463 e. The molecule has 0 aliphatic carbocycles. The molecule has 1 unspecified atom stereocenters. The summed E-state index contributed by atoms with van der Waals surface area (Å²) in [5.74, 6) is -0.187. The molecule has 4 nitrogen and oxygen atoms in total. The van der Waals surface area contributed by atoms with Crippen LogP contribution in [0.15, 0.2) is 40.8 Å². The predicted molar refractivity (Wildman–Crippen MR) is 69.9 cm³/mol. The number of hydrogen-bond donors (Lipinski definition) is 1. The molecule has 0 saturated carbocycles. The maximum atomic E-state index is 11.3. The highest BCUT2D eigenvalue weighted by atomic mass is 16.5. The van der Waals surface area contributed by atoms with E-state index >= 15 is 0 Å². The normalized spacial score (nSPS) is 13.9. The number of aliphatic hydroxyl groups is 1. The van der Waals surface area contributed by atoms with Crippen LogP contribution in [-0.4, -0.2) is 18.2 Å². The first-order valence-electron chi connectivity index (χ1n) is 5.93. The molecule has 1 heterocycles. The standard InChI is InChI=1S/C15H16O4/c1-10-4-6-11(7-5-10)15(2,17)13-9-8-12(19-13)14(16)18-3/h4-9,17H,1-3H3. The SMILES string of the molecule is COC(=O)c1ccc(C(C)(O)c2ccc(C)cc2)o1. The van der Waals surface area contributed by atoms with Crippen LogP contribution in [0, 0.1) is 6.92 Å². The second kappa shape index (κ2) is 4.90. The number of ether oxygens (including phenoxy) is 1. The van der Waals surface area contributed by atoms with E-state index in [-0.39, 0.29) is 5.76 Å². The summed E-state index contributed by atoms with van der Waals surface area (Å²) in [4.78, 5) is 11.3. The van der Waals surface area contributed by atoms with E-state index in [1.807, 2.05) is 31.2 Å². The van der Waals surface area contributed by atoms with E-state index in [1.165, 1.54) is 13.2 Å². The smallest absolute Gasteiger partial charge is 0.373 e. The molecule has 100 valence electrons. The number of benzene rings is 1. The maximum Gasteiger partial charge on any atom is 0.373 e. The Morgan fingerprint density at radius 3 is 2.42 bits per heavy atom. The minimum atomic E-state index is -1.29. The summed E-state index contributed by atoms with van der Waals surface area (Å²) in [5.41, 5.74) is 0.512. The number of rotatable bonds is 3. The van der Waals surface area contributed by atoms with Gasteiger partial charge in [0.05, 0.1) is 7.11 Å². The van der Waals surface area contributed by atoms with Crippen molar-refractivity contribution in [1.82, 2.24) is 0 Å². The van der Waals surface area contributed by atoms with Gasteiger partial charge >= 0.3 is 5.97 Å². The highest BCUT2D eigenvalue weighted by Crippen LogP contribution is 2.30. The summed E-state index contributed by atoms with van der Waals surface area (Å²) in [7, 11) is 1.28. The van der Waals surface area contributed by atoms with Crippen LogP contribution in [-0.2, 0) is 10.3 Å². The van der Waals surface area contributed by atoms with Crippen LogP contribution in [0.2, 0.25) is 0 Å². The fourth-order valence-corrected chi connectivity index (χ4v) is 1.83. The van der Waals surface area contributed by atoms with Crippen molar-refractivity contribution in [3.63, 3.8) is 0 Å². The van der Waals surface area contributed by atoms with Crippen LogP contribution in [0.4, 0.5) is 0 Å². The Morgan fingerprint density at radius 2 is 1.84 bits per heavy atom. The van der Waals surface area contributed by atoms with Crippen molar-refractivity contribution in [1.29, 1.82) is 0 Å². The number of carbonyl (C=O) groups is 1. The van der Waals surface area contributed by atoms with Gasteiger partial charge in [-0.15, -0.1) is 0 Å². The molecule has 0 aliphatic rings. The van der Waals surface area contributed by atoms with Crippen LogP contribution >= 0.6 is 0 Å². The zero-order chi connectivity index (χ0) is 14.0. The highest BCUT2D eigenvalue weighted by Gasteiger charge is 2.30. The number of aryl methyl sites for hydroxylation is 1. The molecule has 4 heteroatoms. The number of esters is 1. The van der Waals surface area contributed by atoms with Crippen molar-refractivity contribution in [2.45, 2.75) is 19.4 Å². The lowest BCUT2D eigenvalue weighted by atomic mass is 9.93. The van der Waals surface area contributed by atoms with Crippen molar-refractivity contribution < 1.29 is 19.1 Å². The minimum absolute atomic E-state index is 0.0740. The first-order valence-corrected chi connectivity index (χ1v) is 5.93. The third kappa shape index (κ3) is 2.53. The zero-order valence-electron chi connectivity index (χ0n) is 11.1. The third-order valence-corrected chi connectivity index (χ3v) is 3.09. The fraction of sp³-hybridized carbons (Fsp3) is 0.267. The first-order chi connectivity index (χ1) is 8.95. The van der Waals surface area contributed by atoms with E-state index in [1.54, 1.807) is 13.0 Å². The second-order valence-corrected chi connectivity index (χ2v) is 4.59. The molecule has 0 radical (unpaired) electrons. The summed E-state index contributed by atoms with van der Waals surface area (Å²) in [6, 6.07) is 10.5. The van der Waals surface area contributed by atoms with E-state index < -0.39 is 11.6 Å². The van der Waals surface area contributed by atoms with E-state index in [0.717, 1.165) is 5.56 Å². The highest BCUT2D eigenvalue weighted by molar-refractivity contribution is 5.86. The number of carbonyl (C=O) groups excluding carboxylic acids is 1. The fourth-order valence-electron chi connectivity index (χ4n) is 1.83. The van der Waals surface area contributed by atoms with Gasteiger partial charge in [0, 0.05) is 0 Å². The second-order valence-electron chi connectivity index (χ2n) is 4.59. The Morgan fingerprint density at radius 1 is 1.21 bits per heavy atom. The quantitative estimate of drug-likeness (QED) is 0.862. The topological polar surface area (TPSA) is 59.7 Å². The van der Waals surface area contributed by atoms with Gasteiger partial charge in [0.25, 0.3) is 0 Å². The van der Waals surface area contributed by atoms with E-state index in [9.17, 15) is 9.90 Å². The number of furan rings is 1. The lowest BCUT2D eigenvalue weighted by molar-refractivity contribution is 0.0522. The molecule has 0 bridgehead atoms. The van der Waals surface area contributed by atoms with Crippen molar-refractivity contribution >= 4 is 5.97 Å². The van der Waals surface area contributed by atoms with Crippen LogP contribution in [0.1, 0.15) is 34.4 Å². The van der Waals surface area contributed by atoms with Gasteiger partial charge in [0.15, 0.2) is 0 Å². The summed E-state index contributed by atoms with van der Waals surface area (Å²) in [5, 5.41) is 10.6. The molecule has 19 heavy (non-hydrogen) atoms. The van der Waals surface area contributed by atoms with Gasteiger partial charge in [-0.25, -0.2) is 4.79 Å². The molecule has 0 spiro atoms. The monoisotopic (exact) mass is 260 g/mol. The van der Waals surface area contributed by atoms with E-state index in [4.69, 9.17) is 4.42 Å². The lowest BCUT2D eigenvalue weighted by Gasteiger charge is -2.21. The van der Waals surface area contributed by atoms with E-state index in [2.05, 4.69) is 4.74 Å². The molecule has 2 aromatic rings. The molecule has 1 aromatic carbocycles. The van der Waals surface area contributed by atoms with Crippen LogP contribution in [0.3, 0.4) is 0 Å². The molecule has 0 amide bonds. The average Bonchev–Trinajstić information content (AvgIpc) is 2.88. The molecule has 2 rings (SSSR count). The molecule has 1 N–H and O–H groups in total. The van der Waals surface area contributed by atoms with Gasteiger partial charge in [0.2, 0.25) is 5.76 Å². The van der Waals surface area contributed by atoms with Crippen LogP contribution in [0.25, 0.3) is 0 Å². The summed E-state index contributed by atoms with van der Waals surface area (Å²) >= 11 is 0. The Balaban J connectivity index is 2.36. The average molecular weight is 260 g/mol. The van der Waals surface area contributed by atoms with Gasteiger partial charge in [-0.05, 0) is 31.5 Å². The van der Waals surface area contributed by atoms with Crippen LogP contribution in [0.5, 0.6) is 0 Å². The van der Waals surface area contributed by atoms with Crippen LogP contribution < -0.4 is 0 Å². The Bertz CT molecular complexity index is 578. The summed E-state index contributed by atoms with van der Waals surface area (Å²) in [6.45, 7) is 3.60. The van der Waals surface area contributed by atoms with Crippen molar-refractivity contribution in [3.05, 3.63) is 59.0 Å². The minimum Gasteiger partial charge on any atom is -0.463 e. The third-order valence-electron chi connectivity index (χ3n) is 3.09. The van der Waals surface area contributed by atoms with Crippen molar-refractivity contribution in [2.75, 3.05) is 7.11 Å². The van der Waals surface area contributed by atoms with Gasteiger partial charge < -0.3 is 14.3 Å². The molecule has 0 saturated heterocycles. The number of hydrogen-bond acceptors (Lipinski definition) is 4. The van der Waals surface area contributed by atoms with Gasteiger partial charge in [-0.3, -0.25) is 0 Å². The Kier molecular flexibility index (Phi) is 3.44. The molecular formula is C15H16O4. The Labute approximate surface area is 111 Å². The molecule has 1 aromatic heterocycles. The number of methoxy groups -OCH3 is 1. The van der Waals surface area contributed by atoms with Crippen molar-refractivity contribution in [2.24, 2.45) is 0 Å². The zero-order valence-corrected chi connectivity index (χ0v) is 11.1. The molecule has 1 atom stereocenters. The molecule has 0 fully saturated rings. The lowest BCUT2D eigenvalue weighted by Crippen LogP contribution is -2.22. The summed E-state index contributed by atoms with van der Waals surface area (Å²) < 4.78 is 9.93. The van der Waals surface area contributed by atoms with Crippen molar-refractivity contribution in [3.8, 4) is 0 Å². The predicted octanol–water partition coefficient (Wildman–Crippen LogP) is 2.63. The van der Waals surface area contributed by atoms with Gasteiger partial charge in [-0.1, -0.05) is 29.8 Å². The van der Waals surface area contributed by atoms with Gasteiger partial charge in [0.1, 0.15) is 11.4 Å².